The van der Waals surface area contributed by atoms with E-state index in [4.69, 9.17) is 4.74 Å². The van der Waals surface area contributed by atoms with Crippen LogP contribution in [0.1, 0.15) is 58.9 Å². The number of amides is 3. The largest absolute Gasteiger partial charge is 0.485 e. The van der Waals surface area contributed by atoms with Crippen molar-refractivity contribution in [2.45, 2.75) is 77.1 Å². The lowest BCUT2D eigenvalue weighted by Gasteiger charge is -2.38. The summed E-state index contributed by atoms with van der Waals surface area (Å²) >= 11 is 0. The van der Waals surface area contributed by atoms with Crippen molar-refractivity contribution in [1.29, 1.82) is 0 Å². The van der Waals surface area contributed by atoms with Crippen molar-refractivity contribution in [3.05, 3.63) is 36.0 Å². The van der Waals surface area contributed by atoms with Gasteiger partial charge in [0.2, 0.25) is 17.7 Å². The molecule has 1 aromatic carbocycles. The molecule has 3 heterocycles. The predicted octanol–water partition coefficient (Wildman–Crippen LogP) is 2.44. The first-order chi connectivity index (χ1) is 16.1. The number of nitrogens with one attached hydrogen (secondary N) is 3. The highest BCUT2D eigenvalue weighted by Gasteiger charge is 2.44. The number of likely N-dealkylation sites (tertiary alicyclic amines) is 1. The molecule has 0 saturated carbocycles. The van der Waals surface area contributed by atoms with Gasteiger partial charge in [-0.15, -0.1) is 0 Å². The third-order valence-electron chi connectivity index (χ3n) is 6.76. The SMILES string of the molecule is CC[C@]1(C)Oc2ccc(cc2)/C=C\NC(=O)[C@H](CC(C)C)NC(=O)[C@H]1NC(=O)[C@@H]1CCCN1C. The number of benzene rings is 1. The Bertz CT molecular complexity index is 914. The number of likely N-dealkylation sites (N-methyl/N-ethyl adjacent to an activating group) is 1. The van der Waals surface area contributed by atoms with Crippen LogP contribution in [0.15, 0.2) is 30.5 Å². The molecule has 0 spiro atoms. The minimum Gasteiger partial charge on any atom is -0.485 e. The fourth-order valence-corrected chi connectivity index (χ4v) is 4.51. The maximum absolute atomic E-state index is 13.7. The van der Waals surface area contributed by atoms with E-state index in [2.05, 4.69) is 16.0 Å². The number of ether oxygens (including phenoxy) is 1. The molecule has 3 amide bonds. The molecule has 3 aliphatic rings. The zero-order chi connectivity index (χ0) is 24.9. The molecule has 8 nitrogen and oxygen atoms in total. The molecule has 1 fully saturated rings. The molecular weight excluding hydrogens is 432 g/mol. The Morgan fingerprint density at radius 1 is 1.24 bits per heavy atom. The Balaban J connectivity index is 1.99. The van der Waals surface area contributed by atoms with E-state index in [-0.39, 0.29) is 23.8 Å². The average Bonchev–Trinajstić information content (AvgIpc) is 3.22. The van der Waals surface area contributed by atoms with Crippen molar-refractivity contribution < 1.29 is 19.1 Å². The highest BCUT2D eigenvalue weighted by atomic mass is 16.5. The summed E-state index contributed by atoms with van der Waals surface area (Å²) < 4.78 is 6.35. The maximum Gasteiger partial charge on any atom is 0.247 e. The van der Waals surface area contributed by atoms with Gasteiger partial charge in [0.15, 0.2) is 0 Å². The molecule has 4 rings (SSSR count). The highest BCUT2D eigenvalue weighted by Crippen LogP contribution is 2.27. The van der Waals surface area contributed by atoms with Crippen LogP contribution in [0.4, 0.5) is 0 Å². The number of hydrogen-bond donors (Lipinski definition) is 3. The standard InChI is InChI=1S/C26H38N4O4/c1-6-26(4)22(29-24(32)21-8-7-15-30(21)5)25(33)28-20(16-17(2)3)23(31)27-14-13-18-9-11-19(34-26)12-10-18/h9-14,17,20-22H,6-8,15-16H2,1-5H3,(H,27,31)(H,28,33)(H,29,32)/b14-13-/t20-,21-,22+,26-/m0/s1. The van der Waals surface area contributed by atoms with Gasteiger partial charge in [0.1, 0.15) is 23.4 Å². The van der Waals surface area contributed by atoms with Crippen LogP contribution in [0.5, 0.6) is 5.75 Å². The number of nitrogens with zero attached hydrogens (tertiary/aromatic N) is 1. The maximum atomic E-state index is 13.7. The summed E-state index contributed by atoms with van der Waals surface area (Å²) in [6, 6.07) is 5.39. The molecule has 1 aromatic rings. The average molecular weight is 471 g/mol. The van der Waals surface area contributed by atoms with Crippen LogP contribution in [0.2, 0.25) is 0 Å². The van der Waals surface area contributed by atoms with Crippen LogP contribution in [0.25, 0.3) is 6.08 Å². The number of carbonyl (C=O) groups is 3. The van der Waals surface area contributed by atoms with Crippen molar-refractivity contribution >= 4 is 23.8 Å². The molecule has 3 N–H and O–H groups in total. The van der Waals surface area contributed by atoms with Gasteiger partial charge >= 0.3 is 0 Å². The van der Waals surface area contributed by atoms with Gasteiger partial charge in [-0.05, 0) is 75.9 Å². The third-order valence-corrected chi connectivity index (χ3v) is 6.76. The van der Waals surface area contributed by atoms with Gasteiger partial charge in [0.05, 0.1) is 6.04 Å². The lowest BCUT2D eigenvalue weighted by atomic mass is 9.90. The second-order valence-electron chi connectivity index (χ2n) is 9.95. The van der Waals surface area contributed by atoms with Gasteiger partial charge in [0, 0.05) is 6.20 Å². The summed E-state index contributed by atoms with van der Waals surface area (Å²) in [6.45, 7) is 8.58. The molecule has 1 saturated heterocycles. The molecule has 0 aliphatic carbocycles. The van der Waals surface area contributed by atoms with E-state index in [1.165, 1.54) is 0 Å². The molecular formula is C26H38N4O4. The molecule has 2 bridgehead atoms. The first-order valence-corrected chi connectivity index (χ1v) is 12.2. The monoisotopic (exact) mass is 470 g/mol. The first-order valence-electron chi connectivity index (χ1n) is 12.2. The van der Waals surface area contributed by atoms with Crippen molar-refractivity contribution in [2.24, 2.45) is 5.92 Å². The third kappa shape index (κ3) is 6.17. The van der Waals surface area contributed by atoms with Crippen LogP contribution in [-0.4, -0.2) is 59.9 Å². The van der Waals surface area contributed by atoms with Gasteiger partial charge < -0.3 is 20.7 Å². The number of hydrogen-bond acceptors (Lipinski definition) is 5. The van der Waals surface area contributed by atoms with Crippen molar-refractivity contribution in [1.82, 2.24) is 20.9 Å². The molecule has 8 heteroatoms. The Morgan fingerprint density at radius 3 is 2.53 bits per heavy atom. The Labute approximate surface area is 202 Å². The normalized spacial score (nSPS) is 29.2. The van der Waals surface area contributed by atoms with Crippen molar-refractivity contribution in [3.8, 4) is 5.75 Å². The minimum atomic E-state index is -1.03. The number of rotatable bonds is 5. The minimum absolute atomic E-state index is 0.180. The van der Waals surface area contributed by atoms with Crippen LogP contribution in [-0.2, 0) is 14.4 Å². The number of fused-ring (bicyclic) bond motifs is 10. The van der Waals surface area contributed by atoms with Crippen molar-refractivity contribution in [2.75, 3.05) is 13.6 Å². The summed E-state index contributed by atoms with van der Waals surface area (Å²) in [4.78, 5) is 41.8. The van der Waals surface area contributed by atoms with Crippen molar-refractivity contribution in [3.63, 3.8) is 0 Å². The van der Waals surface area contributed by atoms with Gasteiger partial charge in [0.25, 0.3) is 0 Å². The molecule has 0 aromatic heterocycles. The second-order valence-corrected chi connectivity index (χ2v) is 9.95. The lowest BCUT2D eigenvalue weighted by Crippen LogP contribution is -2.64. The molecule has 34 heavy (non-hydrogen) atoms. The molecule has 0 radical (unpaired) electrons. The van der Waals surface area contributed by atoms with E-state index in [0.29, 0.717) is 18.6 Å². The highest BCUT2D eigenvalue weighted by molar-refractivity contribution is 5.94. The Morgan fingerprint density at radius 2 is 1.94 bits per heavy atom. The topological polar surface area (TPSA) is 99.8 Å². The van der Waals surface area contributed by atoms with E-state index in [9.17, 15) is 14.4 Å². The zero-order valence-electron chi connectivity index (χ0n) is 20.9. The lowest BCUT2D eigenvalue weighted by molar-refractivity contribution is -0.138. The Hall–Kier alpha value is -2.87. The smallest absolute Gasteiger partial charge is 0.247 e. The molecule has 186 valence electrons. The summed E-state index contributed by atoms with van der Waals surface area (Å²) in [5, 5.41) is 8.66. The van der Waals surface area contributed by atoms with E-state index >= 15 is 0 Å². The van der Waals surface area contributed by atoms with E-state index < -0.39 is 23.6 Å². The summed E-state index contributed by atoms with van der Waals surface area (Å²) in [6.07, 6.45) is 5.98. The summed E-state index contributed by atoms with van der Waals surface area (Å²) in [5.74, 6) is -0.151. The van der Waals surface area contributed by atoms with Gasteiger partial charge in [-0.1, -0.05) is 32.9 Å². The van der Waals surface area contributed by atoms with Gasteiger partial charge in [-0.3, -0.25) is 19.3 Å². The predicted molar refractivity (Wildman–Crippen MR) is 132 cm³/mol. The quantitative estimate of drug-likeness (QED) is 0.614. The molecule has 3 aliphatic heterocycles. The molecule has 0 unspecified atom stereocenters. The zero-order valence-corrected chi connectivity index (χ0v) is 20.9. The van der Waals surface area contributed by atoms with Crippen LogP contribution in [0, 0.1) is 5.92 Å². The van der Waals surface area contributed by atoms with E-state index in [0.717, 1.165) is 24.9 Å². The van der Waals surface area contributed by atoms with Gasteiger partial charge in [-0.25, -0.2) is 0 Å². The first kappa shape index (κ1) is 25.7. The summed E-state index contributed by atoms with van der Waals surface area (Å²) in [5.41, 5.74) is -0.126. The van der Waals surface area contributed by atoms with Crippen LogP contribution < -0.4 is 20.7 Å². The van der Waals surface area contributed by atoms with E-state index in [1.54, 1.807) is 12.3 Å². The van der Waals surface area contributed by atoms with Crippen LogP contribution in [0.3, 0.4) is 0 Å². The molecule has 4 atom stereocenters. The Kier molecular flexibility index (Phi) is 8.36. The number of carbonyl (C=O) groups excluding carboxylic acids is 3. The van der Waals surface area contributed by atoms with E-state index in [1.807, 2.05) is 63.9 Å². The fraction of sp³-hybridized carbons (Fsp3) is 0.577. The van der Waals surface area contributed by atoms with Crippen LogP contribution >= 0.6 is 0 Å². The second kappa shape index (κ2) is 11.0. The fourth-order valence-electron chi connectivity index (χ4n) is 4.51. The summed E-state index contributed by atoms with van der Waals surface area (Å²) in [7, 11) is 1.92. The van der Waals surface area contributed by atoms with Gasteiger partial charge in [-0.2, -0.15) is 0 Å².